The maximum Gasteiger partial charge on any atom is 0.417 e. The van der Waals surface area contributed by atoms with Gasteiger partial charge < -0.3 is 30.7 Å². The van der Waals surface area contributed by atoms with E-state index in [9.17, 15) is 18.0 Å². The topological polar surface area (TPSA) is 134 Å². The third-order valence-electron chi connectivity index (χ3n) is 5.66. The molecular weight excluding hydrogens is 505 g/mol. The highest BCUT2D eigenvalue weighted by molar-refractivity contribution is 6.07. The van der Waals surface area contributed by atoms with Crippen molar-refractivity contribution in [3.63, 3.8) is 0 Å². The molecule has 4 rings (SSSR count). The van der Waals surface area contributed by atoms with E-state index in [0.717, 1.165) is 12.3 Å². The Hall–Kier alpha value is -4.10. The lowest BCUT2D eigenvalue weighted by Crippen LogP contribution is -2.40. The summed E-state index contributed by atoms with van der Waals surface area (Å²) in [5.74, 6) is -1.24. The molecule has 1 fully saturated rings. The number of hydrogen-bond donors (Lipinski definition) is 4. The van der Waals surface area contributed by atoms with Crippen molar-refractivity contribution in [2.75, 3.05) is 13.2 Å². The summed E-state index contributed by atoms with van der Waals surface area (Å²) in [6.45, 7) is 5.46. The van der Waals surface area contributed by atoms with Gasteiger partial charge >= 0.3 is 6.18 Å². The summed E-state index contributed by atoms with van der Waals surface area (Å²) in [6.07, 6.45) is -0.0770. The summed E-state index contributed by atoms with van der Waals surface area (Å²) in [7, 11) is 0. The number of carbonyl (C=O) groups excluding carboxylic acids is 1. The van der Waals surface area contributed by atoms with Gasteiger partial charge in [0.15, 0.2) is 23.1 Å². The zero-order valence-electron chi connectivity index (χ0n) is 20.8. The summed E-state index contributed by atoms with van der Waals surface area (Å²) < 4.78 is 58.8. The van der Waals surface area contributed by atoms with Crippen LogP contribution >= 0.6 is 0 Å². The number of alkyl halides is 3. The number of fused-ring (bicyclic) bond motifs is 1. The van der Waals surface area contributed by atoms with Crippen LogP contribution in [0.3, 0.4) is 0 Å². The summed E-state index contributed by atoms with van der Waals surface area (Å²) >= 11 is 0. The molecule has 1 saturated heterocycles. The Morgan fingerprint density at radius 1 is 1.37 bits per heavy atom. The van der Waals surface area contributed by atoms with Gasteiger partial charge in [0.25, 0.3) is 5.91 Å². The largest absolute Gasteiger partial charge is 0.487 e. The second-order valence-corrected chi connectivity index (χ2v) is 8.99. The van der Waals surface area contributed by atoms with Crippen molar-refractivity contribution in [2.24, 2.45) is 10.7 Å². The van der Waals surface area contributed by atoms with Crippen LogP contribution in [0.15, 0.2) is 70.5 Å². The molecular formula is C25H27F3N6O4. The van der Waals surface area contributed by atoms with Gasteiger partial charge in [-0.15, -0.1) is 0 Å². The highest BCUT2D eigenvalue weighted by Crippen LogP contribution is 2.38. The van der Waals surface area contributed by atoms with Crippen molar-refractivity contribution < 1.29 is 32.2 Å². The SMILES string of the molecule is CC1=C(C(=O)N=C(N)/C=C\C=N)N2NC(c3ccccc3C(F)(F)F)=CC(OCC3COC(C)(C)O3)=C2N1. The average molecular weight is 533 g/mol. The number of halogens is 3. The Balaban J connectivity index is 1.72. The molecule has 1 atom stereocenters. The second kappa shape index (κ2) is 10.3. The zero-order chi connectivity index (χ0) is 27.7. The molecule has 1 unspecified atom stereocenters. The number of hydrogen-bond acceptors (Lipinski definition) is 8. The molecule has 1 aromatic carbocycles. The Labute approximate surface area is 216 Å². The van der Waals surface area contributed by atoms with E-state index in [2.05, 4.69) is 15.7 Å². The molecule has 0 spiro atoms. The molecule has 3 aliphatic rings. The zero-order valence-corrected chi connectivity index (χ0v) is 20.8. The highest BCUT2D eigenvalue weighted by Gasteiger charge is 2.40. The number of amides is 1. The fourth-order valence-corrected chi connectivity index (χ4v) is 4.06. The van der Waals surface area contributed by atoms with Crippen molar-refractivity contribution in [2.45, 2.75) is 38.8 Å². The average Bonchev–Trinajstić information content (AvgIpc) is 3.38. The predicted molar refractivity (Wildman–Crippen MR) is 133 cm³/mol. The number of amidine groups is 1. The Kier molecular flexibility index (Phi) is 7.33. The van der Waals surface area contributed by atoms with E-state index >= 15 is 0 Å². The molecule has 38 heavy (non-hydrogen) atoms. The predicted octanol–water partition coefficient (Wildman–Crippen LogP) is 3.13. The van der Waals surface area contributed by atoms with Crippen molar-refractivity contribution in [1.82, 2.24) is 15.8 Å². The Morgan fingerprint density at radius 3 is 2.76 bits per heavy atom. The van der Waals surface area contributed by atoms with Crippen LogP contribution in [0.5, 0.6) is 0 Å². The minimum Gasteiger partial charge on any atom is -0.487 e. The van der Waals surface area contributed by atoms with Crippen LogP contribution in [0, 0.1) is 5.41 Å². The lowest BCUT2D eigenvalue weighted by Gasteiger charge is -2.31. The van der Waals surface area contributed by atoms with Crippen molar-refractivity contribution >= 4 is 23.7 Å². The smallest absolute Gasteiger partial charge is 0.417 e. The summed E-state index contributed by atoms with van der Waals surface area (Å²) in [4.78, 5) is 16.9. The number of benzene rings is 1. The fourth-order valence-electron chi connectivity index (χ4n) is 4.06. The highest BCUT2D eigenvalue weighted by atomic mass is 19.4. The summed E-state index contributed by atoms with van der Waals surface area (Å²) in [5, 5.41) is 11.4. The van der Waals surface area contributed by atoms with Gasteiger partial charge in [0.1, 0.15) is 18.5 Å². The molecule has 1 aromatic rings. The Morgan fingerprint density at radius 2 is 2.11 bits per heavy atom. The first kappa shape index (κ1) is 26.9. The molecule has 0 saturated carbocycles. The van der Waals surface area contributed by atoms with E-state index in [0.29, 0.717) is 5.70 Å². The third kappa shape index (κ3) is 5.73. The molecule has 13 heteroatoms. The van der Waals surface area contributed by atoms with Gasteiger partial charge in [0.2, 0.25) is 0 Å². The normalized spacial score (nSPS) is 21.3. The lowest BCUT2D eigenvalue weighted by atomic mass is 10.0. The lowest BCUT2D eigenvalue weighted by molar-refractivity contribution is -0.143. The van der Waals surface area contributed by atoms with Gasteiger partial charge in [-0.25, -0.2) is 5.01 Å². The molecule has 0 aliphatic carbocycles. The number of carbonyl (C=O) groups is 1. The first-order chi connectivity index (χ1) is 17.9. The summed E-state index contributed by atoms with van der Waals surface area (Å²) in [5.41, 5.74) is 8.05. The van der Waals surface area contributed by atoms with Crippen LogP contribution in [0.1, 0.15) is 31.9 Å². The first-order valence-electron chi connectivity index (χ1n) is 11.6. The maximum atomic E-state index is 13.8. The molecule has 10 nitrogen and oxygen atoms in total. The molecule has 3 heterocycles. The van der Waals surface area contributed by atoms with E-state index in [-0.39, 0.29) is 47.6 Å². The number of rotatable bonds is 7. The molecule has 0 bridgehead atoms. The van der Waals surface area contributed by atoms with Gasteiger partial charge in [-0.2, -0.15) is 18.2 Å². The van der Waals surface area contributed by atoms with Crippen LogP contribution in [-0.4, -0.2) is 48.1 Å². The van der Waals surface area contributed by atoms with Gasteiger partial charge in [0, 0.05) is 23.6 Å². The Bertz CT molecular complexity index is 1300. The molecule has 0 radical (unpaired) electrons. The van der Waals surface area contributed by atoms with E-state index in [1.807, 2.05) is 0 Å². The molecule has 1 amide bonds. The monoisotopic (exact) mass is 532 g/mol. The number of nitrogens with one attached hydrogen (secondary N) is 3. The van der Waals surface area contributed by atoms with Crippen molar-refractivity contribution in [3.8, 4) is 0 Å². The molecule has 5 N–H and O–H groups in total. The number of nitrogens with zero attached hydrogens (tertiary/aromatic N) is 2. The van der Waals surface area contributed by atoms with Crippen LogP contribution in [0.4, 0.5) is 13.2 Å². The summed E-state index contributed by atoms with van der Waals surface area (Å²) in [6, 6.07) is 5.07. The van der Waals surface area contributed by atoms with Gasteiger partial charge in [-0.1, -0.05) is 18.2 Å². The maximum absolute atomic E-state index is 13.8. The van der Waals surface area contributed by atoms with E-state index < -0.39 is 29.5 Å². The van der Waals surface area contributed by atoms with E-state index in [1.165, 1.54) is 41.4 Å². The minimum absolute atomic E-state index is 0.00368. The molecule has 3 aliphatic heterocycles. The fraction of sp³-hybridized carbons (Fsp3) is 0.320. The van der Waals surface area contributed by atoms with Crippen molar-refractivity contribution in [1.29, 1.82) is 5.41 Å². The van der Waals surface area contributed by atoms with Crippen LogP contribution in [-0.2, 0) is 25.2 Å². The first-order valence-corrected chi connectivity index (χ1v) is 11.6. The van der Waals surface area contributed by atoms with Crippen LogP contribution < -0.4 is 16.5 Å². The van der Waals surface area contributed by atoms with Gasteiger partial charge in [0.05, 0.1) is 17.9 Å². The molecule has 0 aromatic heterocycles. The third-order valence-corrected chi connectivity index (χ3v) is 5.66. The standard InChI is InChI=1S/C25H27F3N6O4/c1-14-21(23(35)32-20(30)9-6-10-29)34-22(31-14)19(36-12-15-13-37-24(2,3)38-15)11-18(33-34)16-7-4-5-8-17(16)25(26,27)28/h4-11,15,29,31,33H,12-13H2,1-3H3,(H2,30,32,35)/b9-6-,29-10?. The van der Waals surface area contributed by atoms with Gasteiger partial charge in [-0.05, 0) is 39.0 Å². The minimum atomic E-state index is -4.63. The van der Waals surface area contributed by atoms with Crippen LogP contribution in [0.25, 0.3) is 5.70 Å². The van der Waals surface area contributed by atoms with Crippen LogP contribution in [0.2, 0.25) is 0 Å². The number of ether oxygens (including phenoxy) is 3. The van der Waals surface area contributed by atoms with Gasteiger partial charge in [-0.3, -0.25) is 10.2 Å². The molecule has 202 valence electrons. The number of allylic oxidation sites excluding steroid dienone is 3. The number of hydrazine groups is 1. The number of aliphatic imine (C=N–C) groups is 1. The van der Waals surface area contributed by atoms with E-state index in [4.69, 9.17) is 25.4 Å². The van der Waals surface area contributed by atoms with E-state index in [1.54, 1.807) is 20.8 Å². The second-order valence-electron chi connectivity index (χ2n) is 8.99. The number of nitrogens with two attached hydrogens (primary N) is 1. The van der Waals surface area contributed by atoms with Crippen molar-refractivity contribution in [3.05, 3.63) is 76.6 Å². The quantitative estimate of drug-likeness (QED) is 0.311.